The molecule has 1 aliphatic heterocycles. The van der Waals surface area contributed by atoms with E-state index in [1.807, 2.05) is 0 Å². The Hall–Kier alpha value is -2.50. The minimum absolute atomic E-state index is 0.0461. The van der Waals surface area contributed by atoms with Crippen LogP contribution in [0.25, 0.3) is 6.08 Å². The molecule has 1 aromatic carbocycles. The number of hydrogen-bond acceptors (Lipinski definition) is 5. The van der Waals surface area contributed by atoms with E-state index in [-0.39, 0.29) is 28.1 Å². The van der Waals surface area contributed by atoms with Crippen molar-refractivity contribution in [2.24, 2.45) is 0 Å². The lowest BCUT2D eigenvalue weighted by molar-refractivity contribution is -0.137. The van der Waals surface area contributed by atoms with Crippen molar-refractivity contribution in [3.05, 3.63) is 63.4 Å². The Labute approximate surface area is 188 Å². The highest BCUT2D eigenvalue weighted by Crippen LogP contribution is 2.34. The lowest BCUT2D eigenvalue weighted by Gasteiger charge is -2.14. The van der Waals surface area contributed by atoms with E-state index in [0.717, 1.165) is 11.8 Å². The number of amides is 2. The second-order valence-corrected chi connectivity index (χ2v) is 8.32. The van der Waals surface area contributed by atoms with Gasteiger partial charge in [-0.3, -0.25) is 14.5 Å². The van der Waals surface area contributed by atoms with Gasteiger partial charge in [-0.05, 0) is 29.8 Å². The largest absolute Gasteiger partial charge is 0.417 e. The van der Waals surface area contributed by atoms with Gasteiger partial charge in [0.05, 0.1) is 15.5 Å². The normalized spacial score (nSPS) is 15.6. The van der Waals surface area contributed by atoms with E-state index in [1.54, 1.807) is 6.08 Å². The summed E-state index contributed by atoms with van der Waals surface area (Å²) in [6, 6.07) is 6.20. The van der Waals surface area contributed by atoms with Gasteiger partial charge in [-0.2, -0.15) is 13.2 Å². The number of thiocarbonyl (C=S) groups is 1. The summed E-state index contributed by atoms with van der Waals surface area (Å²) >= 11 is 12.0. The van der Waals surface area contributed by atoms with E-state index in [4.69, 9.17) is 23.8 Å². The van der Waals surface area contributed by atoms with Crippen LogP contribution in [0.4, 0.5) is 23.4 Å². The molecule has 3 rings (SSSR count). The van der Waals surface area contributed by atoms with Crippen LogP contribution >= 0.6 is 35.6 Å². The number of carbonyl (C=O) groups is 2. The third-order valence-corrected chi connectivity index (χ3v) is 5.70. The summed E-state index contributed by atoms with van der Waals surface area (Å²) in [6.45, 7) is -0.0461. The molecule has 1 saturated heterocycles. The van der Waals surface area contributed by atoms with Crippen molar-refractivity contribution in [1.82, 2.24) is 9.88 Å². The standard InChI is InChI=1S/C19H12ClF4N3O2S2/c20-13-8-11(19(22,23)24)9-25-16(13)26-15(28)5-6-27-17(29)14(31-18(27)30)7-10-1-3-12(21)4-2-10/h1-4,7-9H,5-6H2,(H,25,26,28). The Bertz CT molecular complexity index is 1070. The molecule has 0 bridgehead atoms. The Balaban J connectivity index is 1.60. The van der Waals surface area contributed by atoms with Gasteiger partial charge in [-0.15, -0.1) is 0 Å². The van der Waals surface area contributed by atoms with E-state index >= 15 is 0 Å². The maximum absolute atomic E-state index is 13.0. The van der Waals surface area contributed by atoms with Crippen molar-refractivity contribution in [1.29, 1.82) is 0 Å². The van der Waals surface area contributed by atoms with Crippen molar-refractivity contribution in [3.8, 4) is 0 Å². The summed E-state index contributed by atoms with van der Waals surface area (Å²) in [6.07, 6.45) is -2.68. The molecule has 5 nitrogen and oxygen atoms in total. The number of benzene rings is 1. The molecule has 31 heavy (non-hydrogen) atoms. The first kappa shape index (κ1) is 23.2. The van der Waals surface area contributed by atoms with Crippen LogP contribution < -0.4 is 5.32 Å². The Morgan fingerprint density at radius 1 is 1.29 bits per heavy atom. The summed E-state index contributed by atoms with van der Waals surface area (Å²) < 4.78 is 51.2. The second-order valence-electron chi connectivity index (χ2n) is 6.24. The highest BCUT2D eigenvalue weighted by Gasteiger charge is 2.33. The molecule has 0 radical (unpaired) electrons. The fraction of sp³-hybridized carbons (Fsp3) is 0.158. The molecule has 1 aromatic heterocycles. The van der Waals surface area contributed by atoms with Gasteiger partial charge in [0.15, 0.2) is 5.82 Å². The first-order valence-electron chi connectivity index (χ1n) is 8.58. The van der Waals surface area contributed by atoms with Gasteiger partial charge in [0, 0.05) is 19.2 Å². The first-order chi connectivity index (χ1) is 14.5. The molecule has 0 aliphatic carbocycles. The molecule has 0 unspecified atom stereocenters. The summed E-state index contributed by atoms with van der Waals surface area (Å²) in [5, 5.41) is 1.95. The summed E-state index contributed by atoms with van der Waals surface area (Å²) in [7, 11) is 0. The van der Waals surface area contributed by atoms with Crippen LogP contribution in [-0.2, 0) is 15.8 Å². The predicted molar refractivity (Wildman–Crippen MR) is 114 cm³/mol. The molecule has 2 aromatic rings. The van der Waals surface area contributed by atoms with Crippen LogP contribution in [0.1, 0.15) is 17.5 Å². The number of pyridine rings is 1. The monoisotopic (exact) mass is 489 g/mol. The number of aromatic nitrogens is 1. The number of carbonyl (C=O) groups excluding carboxylic acids is 2. The SMILES string of the molecule is O=C(CCN1C(=O)C(=Cc2ccc(F)cc2)SC1=S)Nc1ncc(C(F)(F)F)cc1Cl. The van der Waals surface area contributed by atoms with E-state index in [9.17, 15) is 27.2 Å². The average molecular weight is 490 g/mol. The molecule has 1 N–H and O–H groups in total. The van der Waals surface area contributed by atoms with Gasteiger partial charge in [0.1, 0.15) is 10.1 Å². The molecular weight excluding hydrogens is 478 g/mol. The summed E-state index contributed by atoms with van der Waals surface area (Å²) in [5.41, 5.74) is -0.427. The van der Waals surface area contributed by atoms with Crippen LogP contribution in [0, 0.1) is 5.82 Å². The fourth-order valence-corrected chi connectivity index (χ4v) is 4.02. The number of alkyl halides is 3. The van der Waals surface area contributed by atoms with Gasteiger partial charge in [-0.25, -0.2) is 9.37 Å². The highest BCUT2D eigenvalue weighted by molar-refractivity contribution is 8.26. The number of nitrogens with zero attached hydrogens (tertiary/aromatic N) is 2. The molecule has 1 fully saturated rings. The van der Waals surface area contributed by atoms with Crippen LogP contribution in [0.15, 0.2) is 41.4 Å². The third kappa shape index (κ3) is 5.81. The molecule has 0 atom stereocenters. The number of thioether (sulfide) groups is 1. The summed E-state index contributed by atoms with van der Waals surface area (Å²) in [4.78, 5) is 29.8. The number of halogens is 5. The Kier molecular flexibility index (Phi) is 6.97. The number of rotatable bonds is 5. The molecule has 1 aliphatic rings. The molecule has 162 valence electrons. The minimum atomic E-state index is -4.61. The zero-order valence-corrected chi connectivity index (χ0v) is 17.8. The van der Waals surface area contributed by atoms with E-state index < -0.39 is 29.4 Å². The number of hydrogen-bond donors (Lipinski definition) is 1. The smallest absolute Gasteiger partial charge is 0.309 e. The first-order valence-corrected chi connectivity index (χ1v) is 10.2. The van der Waals surface area contributed by atoms with Gasteiger partial charge in [0.2, 0.25) is 5.91 Å². The average Bonchev–Trinajstić information content (AvgIpc) is 2.95. The summed E-state index contributed by atoms with van der Waals surface area (Å²) in [5.74, 6) is -1.64. The van der Waals surface area contributed by atoms with E-state index in [0.29, 0.717) is 22.7 Å². The maximum Gasteiger partial charge on any atom is 0.417 e. The van der Waals surface area contributed by atoms with Gasteiger partial charge in [-0.1, -0.05) is 47.7 Å². The number of anilines is 1. The fourth-order valence-electron chi connectivity index (χ4n) is 2.50. The number of nitrogens with one attached hydrogen (secondary N) is 1. The lowest BCUT2D eigenvalue weighted by atomic mass is 10.2. The van der Waals surface area contributed by atoms with Crippen molar-refractivity contribution in [2.45, 2.75) is 12.6 Å². The van der Waals surface area contributed by atoms with Crippen LogP contribution in [0.2, 0.25) is 5.02 Å². The Morgan fingerprint density at radius 2 is 1.97 bits per heavy atom. The third-order valence-electron chi connectivity index (χ3n) is 4.03. The van der Waals surface area contributed by atoms with Crippen LogP contribution in [0.5, 0.6) is 0 Å². The van der Waals surface area contributed by atoms with Gasteiger partial charge < -0.3 is 5.32 Å². The lowest BCUT2D eigenvalue weighted by Crippen LogP contribution is -2.31. The van der Waals surface area contributed by atoms with Crippen LogP contribution in [0.3, 0.4) is 0 Å². The van der Waals surface area contributed by atoms with Crippen molar-refractivity contribution in [3.63, 3.8) is 0 Å². The topological polar surface area (TPSA) is 62.3 Å². The molecule has 12 heteroatoms. The van der Waals surface area contributed by atoms with E-state index in [1.165, 1.54) is 29.2 Å². The van der Waals surface area contributed by atoms with Crippen molar-refractivity contribution < 1.29 is 27.2 Å². The van der Waals surface area contributed by atoms with Crippen molar-refractivity contribution >= 4 is 63.6 Å². The van der Waals surface area contributed by atoms with Gasteiger partial charge in [0.25, 0.3) is 5.91 Å². The zero-order valence-electron chi connectivity index (χ0n) is 15.4. The Morgan fingerprint density at radius 3 is 2.58 bits per heavy atom. The zero-order chi connectivity index (χ0) is 22.8. The van der Waals surface area contributed by atoms with E-state index in [2.05, 4.69) is 10.3 Å². The maximum atomic E-state index is 13.0. The molecule has 2 heterocycles. The minimum Gasteiger partial charge on any atom is -0.309 e. The molecule has 0 saturated carbocycles. The van der Waals surface area contributed by atoms with Crippen molar-refractivity contribution in [2.75, 3.05) is 11.9 Å². The van der Waals surface area contributed by atoms with Gasteiger partial charge >= 0.3 is 6.18 Å². The predicted octanol–water partition coefficient (Wildman–Crippen LogP) is 5.12. The quantitative estimate of drug-likeness (QED) is 0.359. The van der Waals surface area contributed by atoms with Crippen LogP contribution in [-0.4, -0.2) is 32.6 Å². The molecule has 2 amide bonds. The molecular formula is C19H12ClF4N3O2S2. The highest BCUT2D eigenvalue weighted by atomic mass is 35.5. The second kappa shape index (κ2) is 9.33. The molecule has 0 spiro atoms.